The average molecular weight is 256 g/mol. The van der Waals surface area contributed by atoms with Crippen molar-refractivity contribution in [2.45, 2.75) is 26.9 Å². The van der Waals surface area contributed by atoms with Gasteiger partial charge in [-0.05, 0) is 13.8 Å². The third-order valence-corrected chi connectivity index (χ3v) is 2.51. The second-order valence-corrected chi connectivity index (χ2v) is 3.86. The van der Waals surface area contributed by atoms with Crippen molar-refractivity contribution in [2.24, 2.45) is 7.05 Å². The second-order valence-electron chi connectivity index (χ2n) is 3.86. The van der Waals surface area contributed by atoms with Gasteiger partial charge in [-0.25, -0.2) is 0 Å². The molecule has 0 saturated heterocycles. The molecule has 0 spiro atoms. The third kappa shape index (κ3) is 3.23. The van der Waals surface area contributed by atoms with E-state index in [9.17, 15) is 0 Å². The lowest BCUT2D eigenvalue weighted by Crippen LogP contribution is -1.99. The summed E-state index contributed by atoms with van der Waals surface area (Å²) >= 11 is 0. The fourth-order valence-electron chi connectivity index (χ4n) is 1.64. The molecule has 0 fully saturated rings. The molecule has 17 heavy (non-hydrogen) atoms. The summed E-state index contributed by atoms with van der Waals surface area (Å²) in [5, 5.41) is 11.9. The van der Waals surface area contributed by atoms with Crippen LogP contribution in [0.25, 0.3) is 0 Å². The van der Waals surface area contributed by atoms with Gasteiger partial charge in [0.05, 0.1) is 17.6 Å². The summed E-state index contributed by atoms with van der Waals surface area (Å²) in [6, 6.07) is 0. The SMILES string of the molecule is CCn1cc(CNc2cn(C)nc2C)cn1.Cl. The van der Waals surface area contributed by atoms with Crippen molar-refractivity contribution < 1.29 is 0 Å². The van der Waals surface area contributed by atoms with Crippen LogP contribution in [0.4, 0.5) is 5.69 Å². The highest BCUT2D eigenvalue weighted by molar-refractivity contribution is 5.85. The lowest BCUT2D eigenvalue weighted by atomic mass is 10.3. The van der Waals surface area contributed by atoms with Crippen molar-refractivity contribution in [1.29, 1.82) is 0 Å². The molecule has 1 N–H and O–H groups in total. The lowest BCUT2D eigenvalue weighted by molar-refractivity contribution is 0.659. The number of nitrogens with one attached hydrogen (secondary N) is 1. The van der Waals surface area contributed by atoms with Gasteiger partial charge in [-0.3, -0.25) is 9.36 Å². The van der Waals surface area contributed by atoms with Crippen LogP contribution in [0.2, 0.25) is 0 Å². The molecule has 2 rings (SSSR count). The van der Waals surface area contributed by atoms with E-state index in [2.05, 4.69) is 28.6 Å². The Morgan fingerprint density at radius 1 is 1.35 bits per heavy atom. The van der Waals surface area contributed by atoms with Gasteiger partial charge in [0.25, 0.3) is 0 Å². The van der Waals surface area contributed by atoms with E-state index in [1.54, 1.807) is 0 Å². The quantitative estimate of drug-likeness (QED) is 0.909. The largest absolute Gasteiger partial charge is 0.378 e. The van der Waals surface area contributed by atoms with Gasteiger partial charge in [0.2, 0.25) is 0 Å². The Balaban J connectivity index is 0.00000144. The van der Waals surface area contributed by atoms with Crippen LogP contribution in [-0.2, 0) is 20.1 Å². The van der Waals surface area contributed by atoms with Gasteiger partial charge >= 0.3 is 0 Å². The first-order valence-corrected chi connectivity index (χ1v) is 5.44. The van der Waals surface area contributed by atoms with E-state index in [1.165, 1.54) is 5.56 Å². The van der Waals surface area contributed by atoms with E-state index in [1.807, 2.05) is 35.7 Å². The predicted octanol–water partition coefficient (Wildman–Crippen LogP) is 1.98. The Bertz CT molecular complexity index is 474. The molecule has 0 aromatic carbocycles. The van der Waals surface area contributed by atoms with E-state index < -0.39 is 0 Å². The normalized spacial score (nSPS) is 10.1. The molecular formula is C11H18ClN5. The highest BCUT2D eigenvalue weighted by Gasteiger charge is 2.03. The minimum atomic E-state index is 0. The maximum absolute atomic E-state index is 4.28. The highest BCUT2D eigenvalue weighted by atomic mass is 35.5. The number of aryl methyl sites for hydroxylation is 3. The molecule has 0 amide bonds. The third-order valence-electron chi connectivity index (χ3n) is 2.51. The number of rotatable bonds is 4. The van der Waals surface area contributed by atoms with Gasteiger partial charge in [-0.2, -0.15) is 10.2 Å². The van der Waals surface area contributed by atoms with Crippen molar-refractivity contribution in [2.75, 3.05) is 5.32 Å². The first-order chi connectivity index (χ1) is 7.69. The topological polar surface area (TPSA) is 47.7 Å². The summed E-state index contributed by atoms with van der Waals surface area (Å²) in [5.41, 5.74) is 3.28. The maximum Gasteiger partial charge on any atom is 0.0825 e. The van der Waals surface area contributed by atoms with Crippen molar-refractivity contribution >= 4 is 18.1 Å². The number of aromatic nitrogens is 4. The summed E-state index contributed by atoms with van der Waals surface area (Å²) in [6.45, 7) is 5.77. The monoisotopic (exact) mass is 255 g/mol. The molecule has 0 aliphatic rings. The zero-order valence-electron chi connectivity index (χ0n) is 10.3. The van der Waals surface area contributed by atoms with Crippen LogP contribution >= 0.6 is 12.4 Å². The predicted molar refractivity (Wildman–Crippen MR) is 70.4 cm³/mol. The molecule has 0 unspecified atom stereocenters. The summed E-state index contributed by atoms with van der Waals surface area (Å²) in [6.07, 6.45) is 5.93. The van der Waals surface area contributed by atoms with Crippen molar-refractivity contribution in [3.8, 4) is 0 Å². The molecule has 2 aromatic rings. The zero-order chi connectivity index (χ0) is 11.5. The molecule has 6 heteroatoms. The van der Waals surface area contributed by atoms with E-state index in [0.717, 1.165) is 24.5 Å². The van der Waals surface area contributed by atoms with Gasteiger partial charge in [-0.1, -0.05) is 0 Å². The molecule has 0 atom stereocenters. The molecule has 94 valence electrons. The first kappa shape index (κ1) is 13.6. The minimum Gasteiger partial charge on any atom is -0.378 e. The molecule has 0 aliphatic carbocycles. The number of halogens is 1. The molecular weight excluding hydrogens is 238 g/mol. The summed E-state index contributed by atoms with van der Waals surface area (Å²) < 4.78 is 3.74. The molecule has 0 radical (unpaired) electrons. The van der Waals surface area contributed by atoms with Crippen molar-refractivity contribution in [3.05, 3.63) is 29.8 Å². The molecule has 5 nitrogen and oxygen atoms in total. The molecule has 0 bridgehead atoms. The number of nitrogens with zero attached hydrogens (tertiary/aromatic N) is 4. The molecule has 2 aromatic heterocycles. The van der Waals surface area contributed by atoms with E-state index >= 15 is 0 Å². The first-order valence-electron chi connectivity index (χ1n) is 5.44. The second kappa shape index (κ2) is 5.72. The van der Waals surface area contributed by atoms with Gasteiger partial charge in [-0.15, -0.1) is 12.4 Å². The molecule has 0 aliphatic heterocycles. The van der Waals surface area contributed by atoms with Crippen LogP contribution in [-0.4, -0.2) is 19.6 Å². The van der Waals surface area contributed by atoms with Crippen LogP contribution in [0, 0.1) is 6.92 Å². The smallest absolute Gasteiger partial charge is 0.0825 e. The van der Waals surface area contributed by atoms with Gasteiger partial charge < -0.3 is 5.32 Å². The Morgan fingerprint density at radius 2 is 2.12 bits per heavy atom. The summed E-state index contributed by atoms with van der Waals surface area (Å²) in [7, 11) is 1.92. The van der Waals surface area contributed by atoms with E-state index in [-0.39, 0.29) is 12.4 Å². The van der Waals surface area contributed by atoms with Gasteiger partial charge in [0.15, 0.2) is 0 Å². The van der Waals surface area contributed by atoms with Crippen LogP contribution in [0.15, 0.2) is 18.6 Å². The minimum absolute atomic E-state index is 0. The van der Waals surface area contributed by atoms with Crippen molar-refractivity contribution in [1.82, 2.24) is 19.6 Å². The van der Waals surface area contributed by atoms with Crippen LogP contribution < -0.4 is 5.32 Å². The average Bonchev–Trinajstić information content (AvgIpc) is 2.82. The Hall–Kier alpha value is -1.49. The van der Waals surface area contributed by atoms with Gasteiger partial charge in [0, 0.05) is 38.1 Å². The Labute approximate surface area is 107 Å². The zero-order valence-corrected chi connectivity index (χ0v) is 11.2. The van der Waals surface area contributed by atoms with Crippen LogP contribution in [0.3, 0.4) is 0 Å². The van der Waals surface area contributed by atoms with Gasteiger partial charge in [0.1, 0.15) is 0 Å². The lowest BCUT2D eigenvalue weighted by Gasteiger charge is -2.01. The maximum atomic E-state index is 4.28. The fourth-order valence-corrected chi connectivity index (χ4v) is 1.64. The number of hydrogen-bond acceptors (Lipinski definition) is 3. The summed E-state index contributed by atoms with van der Waals surface area (Å²) in [5.74, 6) is 0. The fraction of sp³-hybridized carbons (Fsp3) is 0.455. The Morgan fingerprint density at radius 3 is 2.65 bits per heavy atom. The van der Waals surface area contributed by atoms with Crippen molar-refractivity contribution in [3.63, 3.8) is 0 Å². The van der Waals surface area contributed by atoms with E-state index in [4.69, 9.17) is 0 Å². The molecule has 0 saturated carbocycles. The van der Waals surface area contributed by atoms with E-state index in [0.29, 0.717) is 0 Å². The van der Waals surface area contributed by atoms with Crippen LogP contribution in [0.1, 0.15) is 18.2 Å². The highest BCUT2D eigenvalue weighted by Crippen LogP contribution is 2.12. The summed E-state index contributed by atoms with van der Waals surface area (Å²) in [4.78, 5) is 0. The van der Waals surface area contributed by atoms with Crippen LogP contribution in [0.5, 0.6) is 0 Å². The number of anilines is 1. The number of hydrogen-bond donors (Lipinski definition) is 1. The standard InChI is InChI=1S/C11H17N5.ClH/c1-4-16-7-10(6-13-16)5-12-11-8-15(3)14-9(11)2;/h6-8,12H,4-5H2,1-3H3;1H. The Kier molecular flexibility index (Phi) is 4.57. The molecule has 2 heterocycles.